The Balaban J connectivity index is 1.52. The smallest absolute Gasteiger partial charge is 0.255 e. The first-order valence-corrected chi connectivity index (χ1v) is 10.7. The van der Waals surface area contributed by atoms with Crippen LogP contribution in [0.3, 0.4) is 0 Å². The van der Waals surface area contributed by atoms with Gasteiger partial charge in [0.1, 0.15) is 11.4 Å². The predicted molar refractivity (Wildman–Crippen MR) is 113 cm³/mol. The number of halogens is 1. The van der Waals surface area contributed by atoms with E-state index in [1.807, 2.05) is 18.2 Å². The van der Waals surface area contributed by atoms with Gasteiger partial charge in [-0.3, -0.25) is 4.79 Å². The Hall–Kier alpha value is -1.78. The maximum Gasteiger partial charge on any atom is 0.255 e. The van der Waals surface area contributed by atoms with E-state index in [0.29, 0.717) is 33.9 Å². The molecule has 2 aromatic rings. The van der Waals surface area contributed by atoms with Crippen LogP contribution in [0.5, 0.6) is 5.75 Å². The summed E-state index contributed by atoms with van der Waals surface area (Å²) in [6.45, 7) is 3.95. The number of nitrogens with one attached hydrogen (secondary N) is 1. The van der Waals surface area contributed by atoms with E-state index in [1.165, 1.54) is 12.8 Å². The molecule has 5 rings (SSSR count). The number of fused-ring (bicyclic) bond motifs is 3. The van der Waals surface area contributed by atoms with Crippen LogP contribution in [0, 0.1) is 17.8 Å². The van der Waals surface area contributed by atoms with Crippen LogP contribution in [0.4, 0.5) is 0 Å². The summed E-state index contributed by atoms with van der Waals surface area (Å²) in [6.07, 6.45) is 11.0. The molecule has 1 aromatic heterocycles. The number of nitrogens with two attached hydrogens (primary N) is 1. The third kappa shape index (κ3) is 2.81. The maximum atomic E-state index is 12.1. The first kappa shape index (κ1) is 18.3. The predicted octanol–water partition coefficient (Wildman–Crippen LogP) is 4.80. The zero-order valence-corrected chi connectivity index (χ0v) is 16.8. The number of hydrogen-bond acceptors (Lipinski definition) is 3. The van der Waals surface area contributed by atoms with Gasteiger partial charge in [-0.05, 0) is 86.3 Å². The SMILES string of the molecule is C=CCC1(N)CCC2(Oc3cc4cc[nH]c(=O)c4cc3Cl)CC3CC(C2)C1C3. The quantitative estimate of drug-likeness (QED) is 0.726. The number of aromatic nitrogens is 1. The van der Waals surface area contributed by atoms with Crippen LogP contribution < -0.4 is 16.0 Å². The second-order valence-corrected chi connectivity index (χ2v) is 9.71. The van der Waals surface area contributed by atoms with Crippen LogP contribution >= 0.6 is 11.6 Å². The lowest BCUT2D eigenvalue weighted by Gasteiger charge is -2.41. The van der Waals surface area contributed by atoms with Gasteiger partial charge in [0.2, 0.25) is 0 Å². The largest absolute Gasteiger partial charge is 0.486 e. The normalized spacial score (nSPS) is 36.4. The summed E-state index contributed by atoms with van der Waals surface area (Å²) in [5.41, 5.74) is 6.42. The van der Waals surface area contributed by atoms with E-state index in [0.717, 1.165) is 37.5 Å². The van der Waals surface area contributed by atoms with Gasteiger partial charge < -0.3 is 15.5 Å². The molecule has 0 saturated heterocycles. The fourth-order valence-electron chi connectivity index (χ4n) is 6.43. The molecule has 0 aliphatic heterocycles. The van der Waals surface area contributed by atoms with E-state index in [2.05, 4.69) is 11.6 Å². The summed E-state index contributed by atoms with van der Waals surface area (Å²) in [4.78, 5) is 14.8. The zero-order chi connectivity index (χ0) is 19.5. The molecule has 0 spiro atoms. The van der Waals surface area contributed by atoms with Crippen molar-refractivity contribution in [2.75, 3.05) is 0 Å². The average molecular weight is 399 g/mol. The first-order chi connectivity index (χ1) is 13.4. The molecule has 0 radical (unpaired) electrons. The molecule has 3 N–H and O–H groups in total. The van der Waals surface area contributed by atoms with Crippen LogP contribution in [0.15, 0.2) is 41.8 Å². The molecule has 3 saturated carbocycles. The van der Waals surface area contributed by atoms with Crippen molar-refractivity contribution in [2.24, 2.45) is 23.5 Å². The van der Waals surface area contributed by atoms with Gasteiger partial charge in [0.05, 0.1) is 5.02 Å². The van der Waals surface area contributed by atoms with Crippen molar-refractivity contribution in [3.05, 3.63) is 52.4 Å². The third-order valence-corrected chi connectivity index (χ3v) is 7.84. The highest BCUT2D eigenvalue weighted by Crippen LogP contribution is 2.59. The summed E-state index contributed by atoms with van der Waals surface area (Å²) in [7, 11) is 0. The second-order valence-electron chi connectivity index (χ2n) is 9.30. The number of rotatable bonds is 4. The maximum absolute atomic E-state index is 12.1. The van der Waals surface area contributed by atoms with Gasteiger partial charge in [-0.15, -0.1) is 6.58 Å². The molecule has 5 unspecified atom stereocenters. The lowest BCUT2D eigenvalue weighted by molar-refractivity contribution is -0.00117. The highest BCUT2D eigenvalue weighted by molar-refractivity contribution is 6.32. The van der Waals surface area contributed by atoms with Gasteiger partial charge >= 0.3 is 0 Å². The molecule has 1 heterocycles. The van der Waals surface area contributed by atoms with Gasteiger partial charge in [-0.1, -0.05) is 17.7 Å². The Morgan fingerprint density at radius 3 is 3.00 bits per heavy atom. The minimum atomic E-state index is -0.205. The van der Waals surface area contributed by atoms with Crippen molar-refractivity contribution < 1.29 is 4.74 Å². The van der Waals surface area contributed by atoms with Gasteiger partial charge in [0, 0.05) is 17.1 Å². The lowest BCUT2D eigenvalue weighted by Crippen LogP contribution is -2.48. The van der Waals surface area contributed by atoms with Crippen molar-refractivity contribution in [3.8, 4) is 5.75 Å². The van der Waals surface area contributed by atoms with Crippen LogP contribution in [-0.2, 0) is 0 Å². The second kappa shape index (κ2) is 6.36. The van der Waals surface area contributed by atoms with Crippen LogP contribution in [0.2, 0.25) is 5.02 Å². The molecule has 1 aromatic carbocycles. The Morgan fingerprint density at radius 1 is 1.32 bits per heavy atom. The summed E-state index contributed by atoms with van der Waals surface area (Å²) in [5.74, 6) is 2.55. The molecule has 28 heavy (non-hydrogen) atoms. The minimum Gasteiger partial charge on any atom is -0.486 e. The monoisotopic (exact) mass is 398 g/mol. The highest BCUT2D eigenvalue weighted by atomic mass is 35.5. The number of H-pyrrole nitrogens is 1. The summed E-state index contributed by atoms with van der Waals surface area (Å²) in [6, 6.07) is 5.53. The van der Waals surface area contributed by atoms with Crippen LogP contribution in [0.1, 0.15) is 44.9 Å². The number of benzene rings is 1. The zero-order valence-electron chi connectivity index (χ0n) is 16.0. The number of aromatic amines is 1. The lowest BCUT2D eigenvalue weighted by atomic mass is 9.74. The summed E-state index contributed by atoms with van der Waals surface area (Å²) in [5, 5.41) is 1.95. The number of hydrogen-bond donors (Lipinski definition) is 2. The average Bonchev–Trinajstić information content (AvgIpc) is 2.94. The molecule has 5 atom stereocenters. The van der Waals surface area contributed by atoms with E-state index in [9.17, 15) is 4.79 Å². The molecule has 5 heteroatoms. The number of pyridine rings is 1. The van der Waals surface area contributed by atoms with Gasteiger partial charge in [0.15, 0.2) is 0 Å². The molecule has 3 fully saturated rings. The van der Waals surface area contributed by atoms with E-state index in [-0.39, 0.29) is 16.7 Å². The fourth-order valence-corrected chi connectivity index (χ4v) is 6.63. The van der Waals surface area contributed by atoms with Crippen molar-refractivity contribution in [3.63, 3.8) is 0 Å². The Bertz CT molecular complexity index is 1000. The molecule has 3 aliphatic rings. The van der Waals surface area contributed by atoms with Crippen LogP contribution in [0.25, 0.3) is 10.8 Å². The molecule has 0 amide bonds. The molecular formula is C23H27ClN2O2. The highest BCUT2D eigenvalue weighted by Gasteiger charge is 2.57. The minimum absolute atomic E-state index is 0.130. The van der Waals surface area contributed by atoms with Crippen LogP contribution in [-0.4, -0.2) is 16.1 Å². The Labute approximate surface area is 170 Å². The van der Waals surface area contributed by atoms with E-state index < -0.39 is 0 Å². The Kier molecular flexibility index (Phi) is 4.15. The van der Waals surface area contributed by atoms with E-state index in [1.54, 1.807) is 12.3 Å². The van der Waals surface area contributed by atoms with Crippen molar-refractivity contribution in [2.45, 2.75) is 56.1 Å². The van der Waals surface area contributed by atoms with Gasteiger partial charge in [-0.25, -0.2) is 0 Å². The van der Waals surface area contributed by atoms with Gasteiger partial charge in [0.25, 0.3) is 5.56 Å². The van der Waals surface area contributed by atoms with Gasteiger partial charge in [-0.2, -0.15) is 0 Å². The van der Waals surface area contributed by atoms with E-state index in [4.69, 9.17) is 22.1 Å². The molecule has 148 valence electrons. The molecule has 4 nitrogen and oxygen atoms in total. The third-order valence-electron chi connectivity index (χ3n) is 7.55. The van der Waals surface area contributed by atoms with Crippen molar-refractivity contribution in [1.82, 2.24) is 4.98 Å². The molecule has 3 aliphatic carbocycles. The topological polar surface area (TPSA) is 68.1 Å². The standard InChI is InChI=1S/C23H27ClN2O2/c1-2-4-23(25)6-5-22(12-14-8-16(13-22)18(23)9-14)28-20-10-15-3-7-26-21(27)17(15)11-19(20)24/h2-3,7,10-11,14,16,18H,1,4-6,8-9,12-13,25H2,(H,26,27). The number of ether oxygens (including phenoxy) is 1. The first-order valence-electron chi connectivity index (χ1n) is 10.3. The molecule has 3 bridgehead atoms. The summed E-state index contributed by atoms with van der Waals surface area (Å²) >= 11 is 6.55. The van der Waals surface area contributed by atoms with E-state index >= 15 is 0 Å². The van der Waals surface area contributed by atoms with Crippen molar-refractivity contribution >= 4 is 22.4 Å². The Morgan fingerprint density at radius 2 is 2.18 bits per heavy atom. The summed E-state index contributed by atoms with van der Waals surface area (Å²) < 4.78 is 6.72. The van der Waals surface area contributed by atoms with Crippen molar-refractivity contribution in [1.29, 1.82) is 0 Å². The fraction of sp³-hybridized carbons (Fsp3) is 0.522. The molecular weight excluding hydrogens is 372 g/mol.